The molecule has 0 saturated carbocycles. The summed E-state index contributed by atoms with van der Waals surface area (Å²) in [4.78, 5) is 28.5. The number of carbonyl (C=O) groups excluding carboxylic acids is 2. The van der Waals surface area contributed by atoms with Crippen molar-refractivity contribution in [1.29, 1.82) is 0 Å². The van der Waals surface area contributed by atoms with Crippen LogP contribution in [0.25, 0.3) is 0 Å². The summed E-state index contributed by atoms with van der Waals surface area (Å²) >= 11 is 0. The molecule has 0 spiro atoms. The Bertz CT molecular complexity index is 520. The zero-order valence-electron chi connectivity index (χ0n) is 13.8. The normalized spacial score (nSPS) is 12.6. The highest BCUT2D eigenvalue weighted by Crippen LogP contribution is 2.16. The van der Waals surface area contributed by atoms with E-state index in [4.69, 9.17) is 4.74 Å². The lowest BCUT2D eigenvalue weighted by molar-refractivity contribution is 0.0272. The Morgan fingerprint density at radius 2 is 2.00 bits per heavy atom. The molecule has 0 bridgehead atoms. The predicted molar refractivity (Wildman–Crippen MR) is 82.7 cm³/mol. The molecule has 0 aromatic carbocycles. The minimum absolute atomic E-state index is 0.0711. The van der Waals surface area contributed by atoms with Crippen LogP contribution in [-0.4, -0.2) is 46.1 Å². The second-order valence-corrected chi connectivity index (χ2v) is 6.23. The van der Waals surface area contributed by atoms with Crippen LogP contribution in [0.4, 0.5) is 4.79 Å². The number of rotatable bonds is 5. The summed E-state index contributed by atoms with van der Waals surface area (Å²) in [6.07, 6.45) is 0.547. The molecule has 1 N–H and O–H groups in total. The van der Waals surface area contributed by atoms with Crippen molar-refractivity contribution in [1.82, 2.24) is 9.88 Å². The maximum Gasteiger partial charge on any atom is 0.410 e. The number of ether oxygens (including phenoxy) is 1. The van der Waals surface area contributed by atoms with Crippen molar-refractivity contribution >= 4 is 11.9 Å². The molecular weight excluding hydrogens is 284 g/mol. The van der Waals surface area contributed by atoms with Crippen LogP contribution < -0.4 is 0 Å². The average Bonchev–Trinajstić information content (AvgIpc) is 2.42. The van der Waals surface area contributed by atoms with Crippen molar-refractivity contribution in [2.24, 2.45) is 0 Å². The van der Waals surface area contributed by atoms with Gasteiger partial charge in [0.15, 0.2) is 5.78 Å². The highest BCUT2D eigenvalue weighted by molar-refractivity contribution is 5.93. The number of hydrogen-bond donors (Lipinski definition) is 1. The number of aliphatic hydroxyl groups excluding tert-OH is 1. The molecule has 0 aliphatic carbocycles. The van der Waals surface area contributed by atoms with Gasteiger partial charge in [0.25, 0.3) is 0 Å². The van der Waals surface area contributed by atoms with Gasteiger partial charge in [0.2, 0.25) is 0 Å². The van der Waals surface area contributed by atoms with E-state index >= 15 is 0 Å². The van der Waals surface area contributed by atoms with Gasteiger partial charge in [-0.05, 0) is 46.2 Å². The molecule has 1 unspecified atom stereocenters. The number of aliphatic hydroxyl groups is 1. The summed E-state index contributed by atoms with van der Waals surface area (Å²) < 4.78 is 5.23. The molecule has 1 atom stereocenters. The van der Waals surface area contributed by atoms with Crippen LogP contribution in [0.3, 0.4) is 0 Å². The molecule has 1 aromatic rings. The van der Waals surface area contributed by atoms with Gasteiger partial charge in [0.05, 0.1) is 11.8 Å². The van der Waals surface area contributed by atoms with Crippen LogP contribution in [0.2, 0.25) is 0 Å². The number of amides is 1. The predicted octanol–water partition coefficient (Wildman–Crippen LogP) is 2.57. The summed E-state index contributed by atoms with van der Waals surface area (Å²) in [6.45, 7) is 7.20. The Kier molecular flexibility index (Phi) is 6.05. The largest absolute Gasteiger partial charge is 0.444 e. The van der Waals surface area contributed by atoms with Crippen molar-refractivity contribution in [3.8, 4) is 0 Å². The van der Waals surface area contributed by atoms with Gasteiger partial charge < -0.3 is 14.7 Å². The Labute approximate surface area is 131 Å². The molecule has 1 aromatic heterocycles. The molecule has 0 radical (unpaired) electrons. The number of ketones is 1. The van der Waals surface area contributed by atoms with E-state index in [1.54, 1.807) is 40.0 Å². The molecule has 6 heteroatoms. The maximum absolute atomic E-state index is 11.8. The van der Waals surface area contributed by atoms with Crippen molar-refractivity contribution in [2.75, 3.05) is 13.6 Å². The number of aromatic nitrogens is 1. The molecule has 0 saturated heterocycles. The Hall–Kier alpha value is -1.95. The zero-order chi connectivity index (χ0) is 16.9. The van der Waals surface area contributed by atoms with Crippen LogP contribution in [0.1, 0.15) is 56.3 Å². The third kappa shape index (κ3) is 5.81. The second kappa shape index (κ2) is 7.35. The average molecular weight is 308 g/mol. The lowest BCUT2D eigenvalue weighted by atomic mass is 10.1. The smallest absolute Gasteiger partial charge is 0.410 e. The molecule has 22 heavy (non-hydrogen) atoms. The number of hydrogen-bond acceptors (Lipinski definition) is 5. The van der Waals surface area contributed by atoms with Gasteiger partial charge in [-0.2, -0.15) is 0 Å². The fourth-order valence-corrected chi connectivity index (χ4v) is 1.71. The maximum atomic E-state index is 11.8. The Morgan fingerprint density at radius 3 is 2.45 bits per heavy atom. The first-order chi connectivity index (χ1) is 10.1. The topological polar surface area (TPSA) is 79.7 Å². The van der Waals surface area contributed by atoms with Gasteiger partial charge in [-0.25, -0.2) is 4.79 Å². The first-order valence-corrected chi connectivity index (χ1v) is 7.19. The fraction of sp³-hybridized carbons (Fsp3) is 0.562. The molecular formula is C16H24N2O4. The quantitative estimate of drug-likeness (QED) is 0.846. The summed E-state index contributed by atoms with van der Waals surface area (Å²) in [5.74, 6) is -0.0711. The Balaban J connectivity index is 2.53. The van der Waals surface area contributed by atoms with E-state index < -0.39 is 17.8 Å². The lowest BCUT2D eigenvalue weighted by Gasteiger charge is -2.25. The van der Waals surface area contributed by atoms with Crippen molar-refractivity contribution in [3.05, 3.63) is 29.6 Å². The number of nitrogens with zero attached hydrogens (tertiary/aromatic N) is 2. The molecule has 0 aliphatic heterocycles. The molecule has 1 amide bonds. The summed E-state index contributed by atoms with van der Waals surface area (Å²) in [6, 6.07) is 3.25. The zero-order valence-corrected chi connectivity index (χ0v) is 13.8. The Morgan fingerprint density at radius 1 is 1.36 bits per heavy atom. The highest BCUT2D eigenvalue weighted by Gasteiger charge is 2.20. The summed E-state index contributed by atoms with van der Waals surface area (Å²) in [5.41, 5.74) is 0.429. The van der Waals surface area contributed by atoms with E-state index in [9.17, 15) is 14.7 Å². The molecule has 1 heterocycles. The number of pyridine rings is 1. The van der Waals surface area contributed by atoms with Gasteiger partial charge in [-0.3, -0.25) is 9.78 Å². The van der Waals surface area contributed by atoms with Crippen LogP contribution >= 0.6 is 0 Å². The number of Topliss-reactive ketones (excluding diaryl/α,β-unsaturated/α-hetero) is 1. The van der Waals surface area contributed by atoms with E-state index in [0.717, 1.165) is 0 Å². The molecule has 0 aliphatic rings. The monoisotopic (exact) mass is 308 g/mol. The van der Waals surface area contributed by atoms with Crippen LogP contribution in [0.5, 0.6) is 0 Å². The van der Waals surface area contributed by atoms with Crippen LogP contribution in [-0.2, 0) is 4.74 Å². The third-order valence-corrected chi connectivity index (χ3v) is 2.98. The van der Waals surface area contributed by atoms with Gasteiger partial charge in [0.1, 0.15) is 5.60 Å². The lowest BCUT2D eigenvalue weighted by Crippen LogP contribution is -2.35. The molecule has 1 rings (SSSR count). The minimum atomic E-state index is -0.800. The molecule has 122 valence electrons. The SMILES string of the molecule is CC(=O)c1ccc(C(O)CCN(C)C(=O)OC(C)(C)C)nc1. The van der Waals surface area contributed by atoms with Crippen LogP contribution in [0.15, 0.2) is 18.3 Å². The van der Waals surface area contributed by atoms with Gasteiger partial charge in [-0.1, -0.05) is 0 Å². The summed E-state index contributed by atoms with van der Waals surface area (Å²) in [7, 11) is 1.62. The van der Waals surface area contributed by atoms with Gasteiger partial charge >= 0.3 is 6.09 Å². The van der Waals surface area contributed by atoms with Crippen molar-refractivity contribution in [2.45, 2.75) is 45.8 Å². The van der Waals surface area contributed by atoms with Gasteiger partial charge in [-0.15, -0.1) is 0 Å². The van der Waals surface area contributed by atoms with E-state index in [2.05, 4.69) is 4.98 Å². The van der Waals surface area contributed by atoms with Crippen molar-refractivity contribution < 1.29 is 19.4 Å². The fourth-order valence-electron chi connectivity index (χ4n) is 1.71. The van der Waals surface area contributed by atoms with E-state index in [-0.39, 0.29) is 5.78 Å². The number of carbonyl (C=O) groups is 2. The standard InChI is InChI=1S/C16H24N2O4/c1-11(19)12-6-7-13(17-10-12)14(20)8-9-18(5)15(21)22-16(2,3)4/h6-7,10,14,20H,8-9H2,1-5H3. The second-order valence-electron chi connectivity index (χ2n) is 6.23. The first kappa shape index (κ1) is 18.1. The van der Waals surface area contributed by atoms with Gasteiger partial charge in [0, 0.05) is 25.4 Å². The minimum Gasteiger partial charge on any atom is -0.444 e. The van der Waals surface area contributed by atoms with Crippen molar-refractivity contribution in [3.63, 3.8) is 0 Å². The van der Waals surface area contributed by atoms with Crippen LogP contribution in [0, 0.1) is 0 Å². The molecule has 0 fully saturated rings. The van der Waals surface area contributed by atoms with E-state index in [0.29, 0.717) is 24.2 Å². The molecule has 6 nitrogen and oxygen atoms in total. The highest BCUT2D eigenvalue weighted by atomic mass is 16.6. The first-order valence-electron chi connectivity index (χ1n) is 7.19. The summed E-state index contributed by atoms with van der Waals surface area (Å²) in [5, 5.41) is 10.1. The van der Waals surface area contributed by atoms with E-state index in [1.807, 2.05) is 0 Å². The van der Waals surface area contributed by atoms with E-state index in [1.165, 1.54) is 18.0 Å². The third-order valence-electron chi connectivity index (χ3n) is 2.98.